The Morgan fingerprint density at radius 2 is 1.38 bits per heavy atom. The Morgan fingerprint density at radius 1 is 1.12 bits per heavy atom. The van der Waals surface area contributed by atoms with Crippen LogP contribution in [0, 0.1) is 7.43 Å². The van der Waals surface area contributed by atoms with Crippen LogP contribution >= 0.6 is 0 Å². The molecule has 0 unspecified atom stereocenters. The minimum atomic E-state index is 0. The fourth-order valence-corrected chi connectivity index (χ4v) is 0.204. The summed E-state index contributed by atoms with van der Waals surface area (Å²) in [7, 11) is 0. The second-order valence-corrected chi connectivity index (χ2v) is 0.781. The SMILES string of the molecule is CCOCC.[CH3-].[I-].[Mg+2]. The maximum absolute atomic E-state index is 4.83. The first-order valence-corrected chi connectivity index (χ1v) is 1.99. The number of hydrogen-bond donors (Lipinski definition) is 0. The predicted molar refractivity (Wildman–Crippen MR) is 34.3 cm³/mol. The average Bonchev–Trinajstić information content (AvgIpc) is 1.41. The molecule has 0 aromatic rings. The molecule has 0 aromatic carbocycles. The third-order valence-corrected chi connectivity index (χ3v) is 0.408. The van der Waals surface area contributed by atoms with Crippen LogP contribution in [-0.4, -0.2) is 36.3 Å². The van der Waals surface area contributed by atoms with Crippen LogP contribution < -0.4 is 24.0 Å². The number of rotatable bonds is 2. The number of hydrogen-bond acceptors (Lipinski definition) is 1. The molecule has 0 amide bonds. The summed E-state index contributed by atoms with van der Waals surface area (Å²) < 4.78 is 4.83. The smallest absolute Gasteiger partial charge is 1.00 e. The minimum absolute atomic E-state index is 0. The summed E-state index contributed by atoms with van der Waals surface area (Å²) in [6.07, 6.45) is 0. The molecule has 0 heterocycles. The molecule has 0 spiro atoms. The zero-order valence-corrected chi connectivity index (χ0v) is 9.48. The van der Waals surface area contributed by atoms with Crippen LogP contribution in [0.3, 0.4) is 0 Å². The van der Waals surface area contributed by atoms with Crippen LogP contribution in [0.2, 0.25) is 0 Å². The summed E-state index contributed by atoms with van der Waals surface area (Å²) in [5.41, 5.74) is 0. The van der Waals surface area contributed by atoms with Gasteiger partial charge in [-0.3, -0.25) is 0 Å². The second kappa shape index (κ2) is 23.7. The first kappa shape index (κ1) is 22.7. The van der Waals surface area contributed by atoms with Crippen molar-refractivity contribution in [1.29, 1.82) is 0 Å². The molecule has 0 rings (SSSR count). The van der Waals surface area contributed by atoms with Gasteiger partial charge in [0.25, 0.3) is 0 Å². The van der Waals surface area contributed by atoms with Crippen molar-refractivity contribution >= 4 is 23.1 Å². The van der Waals surface area contributed by atoms with Crippen LogP contribution in [0.25, 0.3) is 0 Å². The molecule has 0 aliphatic carbocycles. The Hall–Kier alpha value is 1.46. The molecule has 0 aliphatic heterocycles. The molecule has 0 saturated heterocycles. The maximum atomic E-state index is 4.83. The van der Waals surface area contributed by atoms with Crippen LogP contribution in [0.4, 0.5) is 0 Å². The van der Waals surface area contributed by atoms with E-state index in [1.807, 2.05) is 13.8 Å². The predicted octanol–water partition coefficient (Wildman–Crippen LogP) is -1.88. The third-order valence-electron chi connectivity index (χ3n) is 0.408. The van der Waals surface area contributed by atoms with Crippen molar-refractivity contribution in [1.82, 2.24) is 0 Å². The second-order valence-electron chi connectivity index (χ2n) is 0.781. The molecule has 3 heteroatoms. The summed E-state index contributed by atoms with van der Waals surface area (Å²) in [5.74, 6) is 0. The van der Waals surface area contributed by atoms with Gasteiger partial charge in [-0.25, -0.2) is 0 Å². The van der Waals surface area contributed by atoms with Gasteiger partial charge in [-0.05, 0) is 13.8 Å². The summed E-state index contributed by atoms with van der Waals surface area (Å²) in [6.45, 7) is 5.67. The summed E-state index contributed by atoms with van der Waals surface area (Å²) in [4.78, 5) is 0. The zero-order chi connectivity index (χ0) is 4.12. The number of ether oxygens (including phenoxy) is 1. The van der Waals surface area contributed by atoms with Crippen molar-refractivity contribution in [2.45, 2.75) is 13.8 Å². The monoisotopic (exact) mass is 240 g/mol. The molecule has 0 aliphatic rings. The topological polar surface area (TPSA) is 9.23 Å². The van der Waals surface area contributed by atoms with E-state index in [1.54, 1.807) is 0 Å². The molecular formula is C5H13IMgO. The van der Waals surface area contributed by atoms with Crippen molar-refractivity contribution in [2.75, 3.05) is 13.2 Å². The molecule has 0 atom stereocenters. The van der Waals surface area contributed by atoms with Gasteiger partial charge < -0.3 is 36.1 Å². The minimum Gasteiger partial charge on any atom is -1.00 e. The summed E-state index contributed by atoms with van der Waals surface area (Å²) >= 11 is 0. The van der Waals surface area contributed by atoms with Gasteiger partial charge in [0.2, 0.25) is 0 Å². The molecule has 0 aromatic heterocycles. The summed E-state index contributed by atoms with van der Waals surface area (Å²) in [6, 6.07) is 0. The molecule has 0 bridgehead atoms. The quantitative estimate of drug-likeness (QED) is 0.312. The van der Waals surface area contributed by atoms with E-state index in [4.69, 9.17) is 4.74 Å². The van der Waals surface area contributed by atoms with Crippen LogP contribution in [0.5, 0.6) is 0 Å². The first-order valence-electron chi connectivity index (χ1n) is 1.99. The van der Waals surface area contributed by atoms with Gasteiger partial charge in [-0.15, -0.1) is 0 Å². The molecule has 0 radical (unpaired) electrons. The van der Waals surface area contributed by atoms with Gasteiger partial charge in [0, 0.05) is 13.2 Å². The fourth-order valence-electron chi connectivity index (χ4n) is 0.204. The van der Waals surface area contributed by atoms with Crippen molar-refractivity contribution in [3.8, 4) is 0 Å². The molecule has 48 valence electrons. The Bertz CT molecular complexity index is 19.9. The van der Waals surface area contributed by atoms with Gasteiger partial charge in [-0.1, -0.05) is 0 Å². The summed E-state index contributed by atoms with van der Waals surface area (Å²) in [5, 5.41) is 0. The van der Waals surface area contributed by atoms with Gasteiger partial charge in [0.15, 0.2) is 0 Å². The van der Waals surface area contributed by atoms with Crippen LogP contribution in [0.15, 0.2) is 0 Å². The molecule has 0 N–H and O–H groups in total. The third kappa shape index (κ3) is 26.0. The molecule has 0 saturated carbocycles. The normalized spacial score (nSPS) is 5.25. The van der Waals surface area contributed by atoms with Gasteiger partial charge in [0.05, 0.1) is 0 Å². The van der Waals surface area contributed by atoms with E-state index in [9.17, 15) is 0 Å². The largest absolute Gasteiger partial charge is 2.00 e. The standard InChI is InChI=1S/C4H10O.CH3.HI.Mg/c1-3-5-4-2;;;/h3-4H2,1-2H3;1H3;1H;/q;-1;;+2/p-1. The molecule has 1 nitrogen and oxygen atoms in total. The zero-order valence-electron chi connectivity index (χ0n) is 5.91. The van der Waals surface area contributed by atoms with E-state index in [1.165, 1.54) is 0 Å². The van der Waals surface area contributed by atoms with E-state index in [-0.39, 0.29) is 54.5 Å². The van der Waals surface area contributed by atoms with E-state index in [0.29, 0.717) is 0 Å². The average molecular weight is 240 g/mol. The fraction of sp³-hybridized carbons (Fsp3) is 0.800. The maximum Gasteiger partial charge on any atom is 2.00 e. The Kier molecular flexibility index (Phi) is 67.2. The first-order chi connectivity index (χ1) is 2.41. The van der Waals surface area contributed by atoms with Crippen LogP contribution in [0.1, 0.15) is 13.8 Å². The van der Waals surface area contributed by atoms with Gasteiger partial charge in [0.1, 0.15) is 0 Å². The van der Waals surface area contributed by atoms with Crippen LogP contribution in [-0.2, 0) is 4.74 Å². The van der Waals surface area contributed by atoms with Gasteiger partial charge in [-0.2, -0.15) is 0 Å². The van der Waals surface area contributed by atoms with E-state index < -0.39 is 0 Å². The van der Waals surface area contributed by atoms with Crippen molar-refractivity contribution in [2.24, 2.45) is 0 Å². The van der Waals surface area contributed by atoms with Gasteiger partial charge >= 0.3 is 23.1 Å². The van der Waals surface area contributed by atoms with Crippen molar-refractivity contribution in [3.63, 3.8) is 0 Å². The Morgan fingerprint density at radius 3 is 1.38 bits per heavy atom. The molecule has 0 fully saturated rings. The van der Waals surface area contributed by atoms with E-state index in [2.05, 4.69) is 0 Å². The van der Waals surface area contributed by atoms with Crippen molar-refractivity contribution < 1.29 is 28.7 Å². The van der Waals surface area contributed by atoms with E-state index >= 15 is 0 Å². The Balaban J connectivity index is -0.0000000267. The van der Waals surface area contributed by atoms with Crippen molar-refractivity contribution in [3.05, 3.63) is 7.43 Å². The molecular weight excluding hydrogens is 227 g/mol. The Labute approximate surface area is 85.7 Å². The molecule has 8 heavy (non-hydrogen) atoms. The van der Waals surface area contributed by atoms with E-state index in [0.717, 1.165) is 13.2 Å². The number of halogens is 1.